The molecule has 3 aromatic carbocycles. The summed E-state index contributed by atoms with van der Waals surface area (Å²) in [6.07, 6.45) is -1.01. The van der Waals surface area contributed by atoms with E-state index in [2.05, 4.69) is 21.2 Å². The zero-order chi connectivity index (χ0) is 27.8. The van der Waals surface area contributed by atoms with Crippen LogP contribution in [-0.2, 0) is 14.6 Å². The molecule has 0 saturated heterocycles. The van der Waals surface area contributed by atoms with Crippen molar-refractivity contribution in [1.29, 1.82) is 0 Å². The molecule has 0 bridgehead atoms. The van der Waals surface area contributed by atoms with Crippen molar-refractivity contribution in [1.82, 2.24) is 4.72 Å². The summed E-state index contributed by atoms with van der Waals surface area (Å²) < 4.78 is 73.5. The molecule has 16 heteroatoms. The van der Waals surface area contributed by atoms with Crippen LogP contribution < -0.4 is 14.6 Å². The molecule has 0 saturated carbocycles. The van der Waals surface area contributed by atoms with Crippen LogP contribution in [0.25, 0.3) is 10.1 Å². The smallest absolute Gasteiger partial charge is 0.391 e. The Morgan fingerprint density at radius 3 is 2.39 bits per heavy atom. The van der Waals surface area contributed by atoms with Gasteiger partial charge < -0.3 is 14.7 Å². The summed E-state index contributed by atoms with van der Waals surface area (Å²) in [5, 5.41) is 3.07. The first-order valence-electron chi connectivity index (χ1n) is 10.2. The van der Waals surface area contributed by atoms with Gasteiger partial charge in [0.2, 0.25) is 0 Å². The summed E-state index contributed by atoms with van der Waals surface area (Å²) >= 11 is 16.2. The summed E-state index contributed by atoms with van der Waals surface area (Å²) in [7, 11) is -8.89. The normalized spacial score (nSPS) is 13.3. The lowest BCUT2D eigenvalue weighted by molar-refractivity contribution is 0.102. The third-order valence-corrected chi connectivity index (χ3v) is 10.7. The Kier molecular flexibility index (Phi) is 8.51. The molecule has 1 aromatic heterocycles. The van der Waals surface area contributed by atoms with Gasteiger partial charge in [0.15, 0.2) is 0 Å². The minimum atomic E-state index is -4.64. The number of rotatable bonds is 8. The van der Waals surface area contributed by atoms with Gasteiger partial charge in [-0.25, -0.2) is 21.8 Å². The molecule has 3 N–H and O–H groups in total. The lowest BCUT2D eigenvalue weighted by Crippen LogP contribution is -2.25. The van der Waals surface area contributed by atoms with Crippen LogP contribution in [0, 0.1) is 11.6 Å². The first kappa shape index (κ1) is 28.9. The minimum Gasteiger partial charge on any atom is -0.424 e. The number of para-hydroxylation sites is 1. The maximum absolute atomic E-state index is 13.9. The van der Waals surface area contributed by atoms with E-state index in [0.717, 1.165) is 35.6 Å². The Morgan fingerprint density at radius 2 is 1.74 bits per heavy atom. The number of thiophene rings is 1. The zero-order valence-electron chi connectivity index (χ0n) is 18.5. The Labute approximate surface area is 237 Å². The van der Waals surface area contributed by atoms with E-state index in [1.165, 1.54) is 30.3 Å². The lowest BCUT2D eigenvalue weighted by Gasteiger charge is -2.15. The molecule has 0 aliphatic rings. The number of hydrogen-bond acceptors (Lipinski definition) is 6. The van der Waals surface area contributed by atoms with Gasteiger partial charge in [-0.05, 0) is 64.5 Å². The fourth-order valence-electron chi connectivity index (χ4n) is 3.14. The van der Waals surface area contributed by atoms with E-state index in [0.29, 0.717) is 15.1 Å². The van der Waals surface area contributed by atoms with Gasteiger partial charge in [0.05, 0.1) is 15.3 Å². The van der Waals surface area contributed by atoms with Crippen molar-refractivity contribution >= 4 is 89.8 Å². The molecule has 0 radical (unpaired) electrons. The molecule has 8 nitrogen and oxygen atoms in total. The second kappa shape index (κ2) is 11.2. The van der Waals surface area contributed by atoms with Gasteiger partial charge in [-0.1, -0.05) is 29.3 Å². The van der Waals surface area contributed by atoms with E-state index in [4.69, 9.17) is 27.7 Å². The summed E-state index contributed by atoms with van der Waals surface area (Å²) in [6, 6.07) is 10.9. The molecule has 1 amide bonds. The number of carbonyl (C=O) groups is 1. The summed E-state index contributed by atoms with van der Waals surface area (Å²) in [5.41, 5.74) is -0.855. The second-order valence-electron chi connectivity index (χ2n) is 7.56. The van der Waals surface area contributed by atoms with E-state index in [9.17, 15) is 31.5 Å². The van der Waals surface area contributed by atoms with Gasteiger partial charge in [-0.3, -0.25) is 4.79 Å². The molecule has 38 heavy (non-hydrogen) atoms. The van der Waals surface area contributed by atoms with Crippen LogP contribution in [0.4, 0.5) is 14.5 Å². The predicted molar refractivity (Wildman–Crippen MR) is 146 cm³/mol. The Balaban J connectivity index is 1.49. The van der Waals surface area contributed by atoms with Crippen molar-refractivity contribution in [2.45, 2.75) is 4.21 Å². The van der Waals surface area contributed by atoms with E-state index in [-0.39, 0.29) is 25.0 Å². The van der Waals surface area contributed by atoms with Crippen molar-refractivity contribution in [3.8, 4) is 5.75 Å². The number of nitrogens with one attached hydrogen (secondary N) is 2. The number of halogens is 5. The van der Waals surface area contributed by atoms with Crippen molar-refractivity contribution in [2.24, 2.45) is 0 Å². The largest absolute Gasteiger partial charge is 0.424 e. The number of sulfonamides is 1. The standard InChI is InChI=1S/C22H14BrCl2F2N2O6PS2/c23-14-5-4-11(8-12(14)22(30)29-20-17(26)2-1-3-18(20)27)35-36(31,32)10-28-38(33,34)19-9-13-15(24)6-7-16(25)21(13)37-19/h1-9,28H,10H2,(H,29,30)(H,31,32). The van der Waals surface area contributed by atoms with E-state index in [1.807, 2.05) is 4.72 Å². The number of fused-ring (bicyclic) bond motifs is 1. The topological polar surface area (TPSA) is 122 Å². The molecule has 1 unspecified atom stereocenters. The van der Waals surface area contributed by atoms with Gasteiger partial charge >= 0.3 is 7.60 Å². The average molecular weight is 686 g/mol. The molecule has 0 aliphatic heterocycles. The first-order valence-corrected chi connectivity index (χ1v) is 15.8. The van der Waals surface area contributed by atoms with Crippen LogP contribution in [0.3, 0.4) is 0 Å². The minimum absolute atomic E-state index is 0.176. The van der Waals surface area contributed by atoms with Crippen LogP contribution in [-0.4, -0.2) is 25.5 Å². The number of anilines is 1. The molecule has 4 aromatic rings. The number of benzene rings is 3. The van der Waals surface area contributed by atoms with Gasteiger partial charge in [0, 0.05) is 14.9 Å². The van der Waals surface area contributed by atoms with E-state index >= 15 is 0 Å². The van der Waals surface area contributed by atoms with Gasteiger partial charge in [0.1, 0.15) is 33.6 Å². The maximum Gasteiger partial charge on any atom is 0.391 e. The Bertz CT molecular complexity index is 1680. The maximum atomic E-state index is 13.9. The third kappa shape index (κ3) is 6.37. The summed E-state index contributed by atoms with van der Waals surface area (Å²) in [5.74, 6) is -3.23. The van der Waals surface area contributed by atoms with Gasteiger partial charge in [-0.15, -0.1) is 11.3 Å². The van der Waals surface area contributed by atoms with E-state index in [1.54, 1.807) is 0 Å². The monoisotopic (exact) mass is 684 g/mol. The zero-order valence-corrected chi connectivity index (χ0v) is 24.2. The van der Waals surface area contributed by atoms with Crippen LogP contribution >= 0.6 is 58.1 Å². The van der Waals surface area contributed by atoms with Crippen LogP contribution in [0.15, 0.2) is 63.3 Å². The highest BCUT2D eigenvalue weighted by molar-refractivity contribution is 9.10. The molecular formula is C22H14BrCl2F2N2O6PS2. The molecule has 200 valence electrons. The molecule has 1 atom stereocenters. The summed E-state index contributed by atoms with van der Waals surface area (Å²) in [4.78, 5) is 22.9. The highest BCUT2D eigenvalue weighted by Crippen LogP contribution is 2.43. The molecule has 4 rings (SSSR count). The van der Waals surface area contributed by atoms with Crippen molar-refractivity contribution < 1.29 is 36.0 Å². The molecule has 1 heterocycles. The molecule has 0 aliphatic carbocycles. The molecule has 0 fully saturated rings. The highest BCUT2D eigenvalue weighted by Gasteiger charge is 2.28. The van der Waals surface area contributed by atoms with Crippen molar-refractivity contribution in [3.63, 3.8) is 0 Å². The Hall–Kier alpha value is -2.09. The first-order chi connectivity index (χ1) is 17.8. The molecule has 0 spiro atoms. The predicted octanol–water partition coefficient (Wildman–Crippen LogP) is 7.00. The SMILES string of the molecule is O=C(Nc1c(F)cccc1F)c1cc(OP(=O)(O)CNS(=O)(=O)c2cc3c(Cl)ccc(Cl)c3s2)ccc1Br. The lowest BCUT2D eigenvalue weighted by atomic mass is 10.2. The van der Waals surface area contributed by atoms with Crippen LogP contribution in [0.1, 0.15) is 10.4 Å². The second-order valence-corrected chi connectivity index (χ2v) is 14.1. The van der Waals surface area contributed by atoms with Crippen molar-refractivity contribution in [3.05, 3.63) is 86.3 Å². The fourth-order valence-corrected chi connectivity index (χ4v) is 8.05. The van der Waals surface area contributed by atoms with Gasteiger partial charge in [-0.2, -0.15) is 4.72 Å². The third-order valence-electron chi connectivity index (χ3n) is 4.91. The highest BCUT2D eigenvalue weighted by atomic mass is 79.9. The van der Waals surface area contributed by atoms with Crippen molar-refractivity contribution in [2.75, 3.05) is 11.6 Å². The van der Waals surface area contributed by atoms with Crippen LogP contribution in [0.2, 0.25) is 10.0 Å². The number of carbonyl (C=O) groups excluding carboxylic acids is 1. The summed E-state index contributed by atoms with van der Waals surface area (Å²) in [6.45, 7) is 0. The number of hydrogen-bond donors (Lipinski definition) is 3. The molecular weight excluding hydrogens is 672 g/mol. The average Bonchev–Trinajstić information content (AvgIpc) is 3.32. The quantitative estimate of drug-likeness (QED) is 0.172. The number of amides is 1. The van der Waals surface area contributed by atoms with Gasteiger partial charge in [0.25, 0.3) is 15.9 Å². The van der Waals surface area contributed by atoms with Crippen LogP contribution in [0.5, 0.6) is 5.75 Å². The fraction of sp³-hybridized carbons (Fsp3) is 0.0455. The Morgan fingerprint density at radius 1 is 1.08 bits per heavy atom. The van der Waals surface area contributed by atoms with E-state index < -0.39 is 47.1 Å².